The van der Waals surface area contributed by atoms with Crippen molar-refractivity contribution in [2.24, 2.45) is 0 Å². The molecule has 0 aliphatic heterocycles. The molecular formula is C16H12FN5OS2. The van der Waals surface area contributed by atoms with Crippen molar-refractivity contribution in [3.05, 3.63) is 53.5 Å². The predicted octanol–water partition coefficient (Wildman–Crippen LogP) is 4.58. The quantitative estimate of drug-likeness (QED) is 0.516. The number of aromatic nitrogens is 5. The maximum absolute atomic E-state index is 13.8. The van der Waals surface area contributed by atoms with E-state index in [-0.39, 0.29) is 11.1 Å². The molecule has 1 N–H and O–H groups in total. The van der Waals surface area contributed by atoms with Crippen molar-refractivity contribution in [1.29, 1.82) is 0 Å². The molecule has 1 atom stereocenters. The number of thiophene rings is 1. The number of nitrogens with one attached hydrogen (secondary N) is 1. The summed E-state index contributed by atoms with van der Waals surface area (Å²) in [6.45, 7) is 1.93. The number of rotatable bonds is 5. The van der Waals surface area contributed by atoms with Gasteiger partial charge in [0.05, 0.1) is 15.7 Å². The highest BCUT2D eigenvalue weighted by Gasteiger charge is 2.19. The molecule has 0 radical (unpaired) electrons. The maximum atomic E-state index is 13.8. The Morgan fingerprint density at radius 3 is 2.88 bits per heavy atom. The number of thioether (sulfide) groups is 1. The molecule has 0 saturated heterocycles. The maximum Gasteiger partial charge on any atom is 0.240 e. The van der Waals surface area contributed by atoms with Gasteiger partial charge >= 0.3 is 0 Å². The van der Waals surface area contributed by atoms with Crippen LogP contribution in [0.5, 0.6) is 0 Å². The second-order valence-corrected chi connectivity index (χ2v) is 7.40. The number of nitrogens with zero attached hydrogens (tertiary/aromatic N) is 4. The first kappa shape index (κ1) is 16.0. The van der Waals surface area contributed by atoms with Gasteiger partial charge in [0, 0.05) is 0 Å². The molecule has 3 aromatic heterocycles. The summed E-state index contributed by atoms with van der Waals surface area (Å²) in [4.78, 5) is 9.70. The van der Waals surface area contributed by atoms with E-state index in [1.165, 1.54) is 17.8 Å². The number of H-pyrrole nitrogens is 1. The first-order valence-corrected chi connectivity index (χ1v) is 9.18. The molecule has 25 heavy (non-hydrogen) atoms. The third-order valence-electron chi connectivity index (χ3n) is 3.41. The van der Waals surface area contributed by atoms with Crippen LogP contribution in [-0.2, 0) is 0 Å². The van der Waals surface area contributed by atoms with E-state index < -0.39 is 0 Å². The van der Waals surface area contributed by atoms with Gasteiger partial charge in [0.1, 0.15) is 5.82 Å². The van der Waals surface area contributed by atoms with E-state index in [4.69, 9.17) is 4.52 Å². The molecule has 0 aliphatic carbocycles. The van der Waals surface area contributed by atoms with Crippen molar-refractivity contribution in [3.8, 4) is 22.1 Å². The topological polar surface area (TPSA) is 80.5 Å². The van der Waals surface area contributed by atoms with E-state index in [0.29, 0.717) is 28.3 Å². The zero-order chi connectivity index (χ0) is 17.2. The lowest BCUT2D eigenvalue weighted by Crippen LogP contribution is -1.90. The van der Waals surface area contributed by atoms with E-state index in [1.807, 2.05) is 24.4 Å². The van der Waals surface area contributed by atoms with Gasteiger partial charge in [-0.25, -0.2) is 9.37 Å². The van der Waals surface area contributed by atoms with Crippen LogP contribution in [0, 0.1) is 5.82 Å². The molecule has 0 aliphatic rings. The predicted molar refractivity (Wildman–Crippen MR) is 93.7 cm³/mol. The zero-order valence-electron chi connectivity index (χ0n) is 13.0. The van der Waals surface area contributed by atoms with E-state index in [1.54, 1.807) is 29.5 Å². The van der Waals surface area contributed by atoms with E-state index in [9.17, 15) is 4.39 Å². The highest BCUT2D eigenvalue weighted by atomic mass is 32.2. The van der Waals surface area contributed by atoms with Crippen LogP contribution in [0.4, 0.5) is 4.39 Å². The molecule has 3 heterocycles. The number of aromatic amines is 1. The van der Waals surface area contributed by atoms with Gasteiger partial charge in [-0.05, 0) is 30.5 Å². The standard InChI is InChI=1S/C16H12FN5OS2/c1-9(15-18-14(22-23-15)12-7-4-8-24-12)25-16-19-13(20-21-16)10-5-2-3-6-11(10)17/h2-9H,1H3,(H,19,20,21). The highest BCUT2D eigenvalue weighted by molar-refractivity contribution is 7.99. The van der Waals surface area contributed by atoms with Crippen LogP contribution in [0.25, 0.3) is 22.1 Å². The van der Waals surface area contributed by atoms with Crippen molar-refractivity contribution in [2.45, 2.75) is 17.3 Å². The number of hydrogen-bond donors (Lipinski definition) is 1. The second-order valence-electron chi connectivity index (χ2n) is 5.14. The van der Waals surface area contributed by atoms with Gasteiger partial charge in [0.15, 0.2) is 5.82 Å². The van der Waals surface area contributed by atoms with Crippen LogP contribution in [0.2, 0.25) is 0 Å². The Balaban J connectivity index is 1.50. The Morgan fingerprint density at radius 1 is 1.20 bits per heavy atom. The van der Waals surface area contributed by atoms with Gasteiger partial charge in [0.2, 0.25) is 16.9 Å². The summed E-state index contributed by atoms with van der Waals surface area (Å²) in [6, 6.07) is 10.3. The summed E-state index contributed by atoms with van der Waals surface area (Å²) in [5.74, 6) is 1.10. The molecule has 1 unspecified atom stereocenters. The average Bonchev–Trinajstić information content (AvgIpc) is 3.36. The molecule has 0 bridgehead atoms. The Hall–Kier alpha value is -2.52. The lowest BCUT2D eigenvalue weighted by atomic mass is 10.2. The van der Waals surface area contributed by atoms with Crippen LogP contribution in [0.15, 0.2) is 51.5 Å². The second kappa shape index (κ2) is 6.77. The molecular weight excluding hydrogens is 361 g/mol. The van der Waals surface area contributed by atoms with Gasteiger partial charge in [-0.1, -0.05) is 35.1 Å². The third kappa shape index (κ3) is 3.33. The minimum absolute atomic E-state index is 0.134. The van der Waals surface area contributed by atoms with Crippen LogP contribution in [0.3, 0.4) is 0 Å². The Morgan fingerprint density at radius 2 is 2.08 bits per heavy atom. The Labute approximate surface area is 150 Å². The van der Waals surface area contributed by atoms with Crippen molar-refractivity contribution in [1.82, 2.24) is 25.3 Å². The third-order valence-corrected chi connectivity index (χ3v) is 5.22. The van der Waals surface area contributed by atoms with Crippen molar-refractivity contribution >= 4 is 23.1 Å². The van der Waals surface area contributed by atoms with Crippen molar-refractivity contribution < 1.29 is 8.91 Å². The fraction of sp³-hybridized carbons (Fsp3) is 0.125. The lowest BCUT2D eigenvalue weighted by Gasteiger charge is -2.01. The molecule has 6 nitrogen and oxygen atoms in total. The monoisotopic (exact) mass is 373 g/mol. The normalized spacial score (nSPS) is 12.4. The minimum atomic E-state index is -0.347. The van der Waals surface area contributed by atoms with Gasteiger partial charge in [-0.2, -0.15) is 4.98 Å². The molecule has 1 aromatic carbocycles. The molecule has 0 fully saturated rings. The van der Waals surface area contributed by atoms with Crippen LogP contribution in [-0.4, -0.2) is 25.3 Å². The summed E-state index contributed by atoms with van der Waals surface area (Å²) in [6.07, 6.45) is 0. The number of hydrogen-bond acceptors (Lipinski definition) is 7. The fourth-order valence-corrected chi connectivity index (χ4v) is 3.59. The molecule has 0 spiro atoms. The Bertz CT molecular complexity index is 982. The molecule has 0 saturated carbocycles. The molecule has 0 amide bonds. The molecule has 126 valence electrons. The van der Waals surface area contributed by atoms with Gasteiger partial charge < -0.3 is 4.52 Å². The molecule has 4 rings (SSSR count). The summed E-state index contributed by atoms with van der Waals surface area (Å²) < 4.78 is 19.2. The summed E-state index contributed by atoms with van der Waals surface area (Å²) in [5, 5.41) is 13.2. The number of benzene rings is 1. The van der Waals surface area contributed by atoms with Gasteiger partial charge in [-0.3, -0.25) is 5.10 Å². The number of halogens is 1. The Kier molecular flexibility index (Phi) is 4.33. The van der Waals surface area contributed by atoms with Crippen LogP contribution < -0.4 is 0 Å². The molecule has 4 aromatic rings. The highest BCUT2D eigenvalue weighted by Crippen LogP contribution is 2.34. The van der Waals surface area contributed by atoms with Crippen molar-refractivity contribution in [3.63, 3.8) is 0 Å². The smallest absolute Gasteiger partial charge is 0.240 e. The first-order valence-electron chi connectivity index (χ1n) is 7.42. The summed E-state index contributed by atoms with van der Waals surface area (Å²) in [5.41, 5.74) is 0.382. The minimum Gasteiger partial charge on any atom is -0.338 e. The largest absolute Gasteiger partial charge is 0.338 e. The first-order chi connectivity index (χ1) is 12.2. The SMILES string of the molecule is CC(Sc1n[nH]c(-c2ccccc2F)n1)c1nc(-c2cccs2)no1. The van der Waals surface area contributed by atoms with Crippen molar-refractivity contribution in [2.75, 3.05) is 0 Å². The fourth-order valence-electron chi connectivity index (χ4n) is 2.19. The van der Waals surface area contributed by atoms with Crippen LogP contribution in [0.1, 0.15) is 18.1 Å². The van der Waals surface area contributed by atoms with Gasteiger partial charge in [0.25, 0.3) is 0 Å². The van der Waals surface area contributed by atoms with E-state index >= 15 is 0 Å². The summed E-state index contributed by atoms with van der Waals surface area (Å²) in [7, 11) is 0. The van der Waals surface area contributed by atoms with Gasteiger partial charge in [-0.15, -0.1) is 16.4 Å². The summed E-state index contributed by atoms with van der Waals surface area (Å²) >= 11 is 2.91. The average molecular weight is 373 g/mol. The van der Waals surface area contributed by atoms with Crippen LogP contribution >= 0.6 is 23.1 Å². The lowest BCUT2D eigenvalue weighted by molar-refractivity contribution is 0.381. The molecule has 9 heteroatoms. The zero-order valence-corrected chi connectivity index (χ0v) is 14.6. The van der Waals surface area contributed by atoms with E-state index in [0.717, 1.165) is 4.88 Å². The van der Waals surface area contributed by atoms with E-state index in [2.05, 4.69) is 25.3 Å².